The van der Waals surface area contributed by atoms with Gasteiger partial charge in [0.15, 0.2) is 16.4 Å². The Bertz CT molecular complexity index is 679. The average Bonchev–Trinajstić information content (AvgIpc) is 3.28. The number of carbonyl (C=O) groups excluding carboxylic acids is 2. The molecule has 1 fully saturated rings. The summed E-state index contributed by atoms with van der Waals surface area (Å²) >= 11 is 0. The maximum Gasteiger partial charge on any atom is 0.339 e. The standard InChI is InChI=1S/C15H19NO5S/c1-10(11-7-8-11)16-14(17)9-21-15(18)12-5-3-4-6-13(12)22(2,19)20/h3-6,10-11H,7-9H2,1-2H3,(H,16,17)/t10-/m1/s1. The Balaban J connectivity index is 1.96. The summed E-state index contributed by atoms with van der Waals surface area (Å²) in [6.07, 6.45) is 3.22. The van der Waals surface area contributed by atoms with E-state index in [-0.39, 0.29) is 22.4 Å². The molecule has 1 aliphatic rings. The molecule has 1 amide bonds. The molecule has 1 aliphatic carbocycles. The molecule has 0 saturated heterocycles. The molecule has 120 valence electrons. The van der Waals surface area contributed by atoms with Crippen LogP contribution in [0.5, 0.6) is 0 Å². The van der Waals surface area contributed by atoms with Gasteiger partial charge in [0.2, 0.25) is 0 Å². The van der Waals surface area contributed by atoms with Gasteiger partial charge < -0.3 is 10.1 Å². The van der Waals surface area contributed by atoms with Crippen LogP contribution in [-0.2, 0) is 19.4 Å². The molecule has 6 nitrogen and oxygen atoms in total. The van der Waals surface area contributed by atoms with Crippen LogP contribution in [-0.4, -0.2) is 39.2 Å². The first-order valence-electron chi connectivity index (χ1n) is 7.04. The lowest BCUT2D eigenvalue weighted by atomic mass is 10.2. The number of rotatable bonds is 6. The van der Waals surface area contributed by atoms with Crippen molar-refractivity contribution in [1.82, 2.24) is 5.32 Å². The predicted octanol–water partition coefficient (Wildman–Crippen LogP) is 1.16. The lowest BCUT2D eigenvalue weighted by molar-refractivity contribution is -0.125. The summed E-state index contributed by atoms with van der Waals surface area (Å²) in [5.41, 5.74) is -0.0620. The van der Waals surface area contributed by atoms with Gasteiger partial charge in [-0.15, -0.1) is 0 Å². The van der Waals surface area contributed by atoms with E-state index in [2.05, 4.69) is 5.32 Å². The van der Waals surface area contributed by atoms with E-state index in [9.17, 15) is 18.0 Å². The third-order valence-corrected chi connectivity index (χ3v) is 4.71. The van der Waals surface area contributed by atoms with E-state index in [1.54, 1.807) is 6.07 Å². The highest BCUT2D eigenvalue weighted by Gasteiger charge is 2.29. The van der Waals surface area contributed by atoms with E-state index in [4.69, 9.17) is 4.74 Å². The summed E-state index contributed by atoms with van der Waals surface area (Å²) in [7, 11) is -3.54. The van der Waals surface area contributed by atoms with E-state index >= 15 is 0 Å². The van der Waals surface area contributed by atoms with Crippen molar-refractivity contribution >= 4 is 21.7 Å². The van der Waals surface area contributed by atoms with Crippen molar-refractivity contribution < 1.29 is 22.7 Å². The van der Waals surface area contributed by atoms with Gasteiger partial charge in [0, 0.05) is 12.3 Å². The largest absolute Gasteiger partial charge is 0.452 e. The maximum absolute atomic E-state index is 12.0. The second-order valence-electron chi connectivity index (χ2n) is 5.54. The van der Waals surface area contributed by atoms with Crippen molar-refractivity contribution in [1.29, 1.82) is 0 Å². The van der Waals surface area contributed by atoms with Gasteiger partial charge in [-0.05, 0) is 37.8 Å². The number of benzene rings is 1. The molecule has 1 aromatic rings. The van der Waals surface area contributed by atoms with Crippen LogP contribution in [0, 0.1) is 5.92 Å². The molecule has 1 N–H and O–H groups in total. The van der Waals surface area contributed by atoms with Gasteiger partial charge in [0.1, 0.15) is 0 Å². The molecular weight excluding hydrogens is 306 g/mol. The fourth-order valence-electron chi connectivity index (χ4n) is 2.18. The van der Waals surface area contributed by atoms with Crippen molar-refractivity contribution in [2.45, 2.75) is 30.7 Å². The molecular formula is C15H19NO5S. The van der Waals surface area contributed by atoms with E-state index in [1.807, 2.05) is 6.92 Å². The highest BCUT2D eigenvalue weighted by molar-refractivity contribution is 7.90. The zero-order valence-electron chi connectivity index (χ0n) is 12.5. The molecule has 0 aromatic heterocycles. The van der Waals surface area contributed by atoms with Crippen molar-refractivity contribution in [2.24, 2.45) is 5.92 Å². The fraction of sp³-hybridized carbons (Fsp3) is 0.467. The van der Waals surface area contributed by atoms with Crippen LogP contribution in [0.2, 0.25) is 0 Å². The number of nitrogens with one attached hydrogen (secondary N) is 1. The Labute approximate surface area is 129 Å². The molecule has 0 radical (unpaired) electrons. The SMILES string of the molecule is C[C@@H](NC(=O)COC(=O)c1ccccc1S(C)(=O)=O)C1CC1. The summed E-state index contributed by atoms with van der Waals surface area (Å²) < 4.78 is 28.2. The van der Waals surface area contributed by atoms with Gasteiger partial charge in [0.25, 0.3) is 5.91 Å². The third kappa shape index (κ3) is 4.30. The molecule has 0 bridgehead atoms. The predicted molar refractivity (Wildman–Crippen MR) is 80.2 cm³/mol. The quantitative estimate of drug-likeness (QED) is 0.793. The van der Waals surface area contributed by atoms with E-state index < -0.39 is 22.4 Å². The number of amides is 1. The number of sulfone groups is 1. The molecule has 1 aromatic carbocycles. The van der Waals surface area contributed by atoms with E-state index in [1.165, 1.54) is 18.2 Å². The highest BCUT2D eigenvalue weighted by atomic mass is 32.2. The van der Waals surface area contributed by atoms with E-state index in [0.717, 1.165) is 19.1 Å². The van der Waals surface area contributed by atoms with Crippen LogP contribution in [0.15, 0.2) is 29.2 Å². The summed E-state index contributed by atoms with van der Waals surface area (Å²) in [4.78, 5) is 23.6. The summed E-state index contributed by atoms with van der Waals surface area (Å²) in [5, 5.41) is 2.76. The highest BCUT2D eigenvalue weighted by Crippen LogP contribution is 2.32. The number of ether oxygens (including phenoxy) is 1. The molecule has 1 saturated carbocycles. The zero-order chi connectivity index (χ0) is 16.3. The number of hydrogen-bond donors (Lipinski definition) is 1. The van der Waals surface area contributed by atoms with Gasteiger partial charge in [0.05, 0.1) is 10.5 Å². The van der Waals surface area contributed by atoms with Crippen molar-refractivity contribution in [3.05, 3.63) is 29.8 Å². The maximum atomic E-state index is 12.0. The van der Waals surface area contributed by atoms with E-state index in [0.29, 0.717) is 5.92 Å². The van der Waals surface area contributed by atoms with Crippen LogP contribution in [0.1, 0.15) is 30.1 Å². The lowest BCUT2D eigenvalue weighted by Gasteiger charge is -2.13. The fourth-order valence-corrected chi connectivity index (χ4v) is 3.05. The Morgan fingerprint density at radius 1 is 1.32 bits per heavy atom. The normalized spacial score (nSPS) is 15.9. The molecule has 1 atom stereocenters. The third-order valence-electron chi connectivity index (χ3n) is 3.56. The first-order chi connectivity index (χ1) is 10.3. The van der Waals surface area contributed by atoms with Crippen LogP contribution in [0.4, 0.5) is 0 Å². The molecule has 0 aliphatic heterocycles. The molecule has 0 spiro atoms. The van der Waals surface area contributed by atoms with Crippen LogP contribution >= 0.6 is 0 Å². The Morgan fingerprint density at radius 2 is 1.95 bits per heavy atom. The van der Waals surface area contributed by atoms with Crippen molar-refractivity contribution in [2.75, 3.05) is 12.9 Å². The second kappa shape index (κ2) is 6.48. The Hall–Kier alpha value is -1.89. The number of hydrogen-bond acceptors (Lipinski definition) is 5. The van der Waals surface area contributed by atoms with Crippen molar-refractivity contribution in [3.63, 3.8) is 0 Å². The summed E-state index contributed by atoms with van der Waals surface area (Å²) in [6, 6.07) is 5.83. The van der Waals surface area contributed by atoms with Gasteiger partial charge in [-0.25, -0.2) is 13.2 Å². The van der Waals surface area contributed by atoms with Gasteiger partial charge >= 0.3 is 5.97 Å². The summed E-state index contributed by atoms with van der Waals surface area (Å²) in [6.45, 7) is 1.49. The van der Waals surface area contributed by atoms with Crippen molar-refractivity contribution in [3.8, 4) is 0 Å². The minimum Gasteiger partial charge on any atom is -0.452 e. The van der Waals surface area contributed by atoms with Crippen LogP contribution in [0.3, 0.4) is 0 Å². The molecule has 22 heavy (non-hydrogen) atoms. The topological polar surface area (TPSA) is 89.5 Å². The number of carbonyl (C=O) groups is 2. The Morgan fingerprint density at radius 3 is 2.55 bits per heavy atom. The molecule has 0 heterocycles. The smallest absolute Gasteiger partial charge is 0.339 e. The molecule has 7 heteroatoms. The van der Waals surface area contributed by atoms with Crippen LogP contribution in [0.25, 0.3) is 0 Å². The molecule has 0 unspecified atom stereocenters. The number of esters is 1. The monoisotopic (exact) mass is 325 g/mol. The van der Waals surface area contributed by atoms with Gasteiger partial charge in [-0.2, -0.15) is 0 Å². The minimum absolute atomic E-state index is 0.0620. The lowest BCUT2D eigenvalue weighted by Crippen LogP contribution is -2.37. The second-order valence-corrected chi connectivity index (χ2v) is 7.52. The van der Waals surface area contributed by atoms with Gasteiger partial charge in [-0.3, -0.25) is 4.79 Å². The molecule has 2 rings (SSSR count). The van der Waals surface area contributed by atoms with Crippen LogP contribution < -0.4 is 5.32 Å². The first-order valence-corrected chi connectivity index (χ1v) is 8.93. The average molecular weight is 325 g/mol. The Kier molecular flexibility index (Phi) is 4.85. The first kappa shape index (κ1) is 16.5. The zero-order valence-corrected chi connectivity index (χ0v) is 13.4. The van der Waals surface area contributed by atoms with Gasteiger partial charge in [-0.1, -0.05) is 12.1 Å². The summed E-state index contributed by atoms with van der Waals surface area (Å²) in [5.74, 6) is -0.703. The minimum atomic E-state index is -3.54.